The van der Waals surface area contributed by atoms with Crippen LogP contribution in [0.4, 0.5) is 5.69 Å². The fourth-order valence-corrected chi connectivity index (χ4v) is 1.96. The van der Waals surface area contributed by atoms with Crippen LogP contribution in [-0.2, 0) is 0 Å². The molecule has 0 saturated heterocycles. The molecule has 4 N–H and O–H groups in total. The number of hydrogen-bond acceptors (Lipinski definition) is 4. The first-order valence-electron chi connectivity index (χ1n) is 5.27. The van der Waals surface area contributed by atoms with Gasteiger partial charge >= 0.3 is 0 Å². The van der Waals surface area contributed by atoms with E-state index in [1.165, 1.54) is 0 Å². The van der Waals surface area contributed by atoms with Gasteiger partial charge in [-0.05, 0) is 25.1 Å². The molecule has 0 aliphatic carbocycles. The van der Waals surface area contributed by atoms with E-state index in [1.54, 1.807) is 6.07 Å². The smallest absolute Gasteiger partial charge is 0.172 e. The molecule has 0 aliphatic heterocycles. The van der Waals surface area contributed by atoms with Gasteiger partial charge in [0.1, 0.15) is 0 Å². The van der Waals surface area contributed by atoms with Crippen LogP contribution < -0.4 is 10.6 Å². The molecule has 0 unspecified atom stereocenters. The van der Waals surface area contributed by atoms with Crippen molar-refractivity contribution in [2.75, 3.05) is 24.6 Å². The minimum absolute atomic E-state index is 0.0516. The second-order valence-electron chi connectivity index (χ2n) is 3.45. The van der Waals surface area contributed by atoms with Crippen molar-refractivity contribution in [3.63, 3.8) is 0 Å². The number of amidine groups is 1. The molecule has 0 aliphatic rings. The first kappa shape index (κ1) is 13.8. The van der Waals surface area contributed by atoms with E-state index in [1.807, 2.05) is 24.0 Å². The summed E-state index contributed by atoms with van der Waals surface area (Å²) in [6, 6.07) is 5.48. The molecule has 5 nitrogen and oxygen atoms in total. The van der Waals surface area contributed by atoms with Gasteiger partial charge < -0.3 is 20.9 Å². The second kappa shape index (κ2) is 6.46. The lowest BCUT2D eigenvalue weighted by Crippen LogP contribution is -2.29. The molecule has 17 heavy (non-hydrogen) atoms. The van der Waals surface area contributed by atoms with Crippen molar-refractivity contribution in [1.82, 2.24) is 0 Å². The van der Waals surface area contributed by atoms with Crippen LogP contribution in [0, 0.1) is 0 Å². The zero-order valence-corrected chi connectivity index (χ0v) is 11.2. The summed E-state index contributed by atoms with van der Waals surface area (Å²) < 4.78 is 0.901. The molecule has 1 aromatic rings. The minimum Gasteiger partial charge on any atom is -0.409 e. The molecule has 6 heteroatoms. The van der Waals surface area contributed by atoms with Crippen LogP contribution in [0.3, 0.4) is 0 Å². The van der Waals surface area contributed by atoms with E-state index in [9.17, 15) is 0 Å². The van der Waals surface area contributed by atoms with Crippen LogP contribution in [0.2, 0.25) is 0 Å². The van der Waals surface area contributed by atoms with Gasteiger partial charge in [-0.15, -0.1) is 0 Å². The SMILES string of the molecule is CCN(CCO)c1cc(Br)ccc1/C(N)=N/O. The standard InChI is InChI=1S/C11H16BrN3O2/c1-2-15(5-6-16)10-7-8(12)3-4-9(10)11(13)14-17/h3-4,7,16-17H,2,5-6H2,1H3,(H2,13,14). The van der Waals surface area contributed by atoms with Gasteiger partial charge in [-0.25, -0.2) is 0 Å². The van der Waals surface area contributed by atoms with Gasteiger partial charge in [-0.3, -0.25) is 0 Å². The van der Waals surface area contributed by atoms with Crippen LogP contribution in [0.5, 0.6) is 0 Å². The minimum atomic E-state index is 0.0516. The highest BCUT2D eigenvalue weighted by atomic mass is 79.9. The maximum Gasteiger partial charge on any atom is 0.172 e. The van der Waals surface area contributed by atoms with Gasteiger partial charge in [0, 0.05) is 28.8 Å². The van der Waals surface area contributed by atoms with Crippen molar-refractivity contribution < 1.29 is 10.3 Å². The van der Waals surface area contributed by atoms with E-state index in [4.69, 9.17) is 16.0 Å². The molecule has 0 fully saturated rings. The Hall–Kier alpha value is -1.27. The van der Waals surface area contributed by atoms with Crippen LogP contribution in [0.15, 0.2) is 27.8 Å². The maximum atomic E-state index is 9.02. The Kier molecular flexibility index (Phi) is 5.24. The van der Waals surface area contributed by atoms with Crippen molar-refractivity contribution in [1.29, 1.82) is 0 Å². The quantitative estimate of drug-likeness (QED) is 0.332. The average molecular weight is 302 g/mol. The number of likely N-dealkylation sites (N-methyl/N-ethyl adjacent to an activating group) is 1. The first-order valence-corrected chi connectivity index (χ1v) is 6.06. The number of nitrogens with zero attached hydrogens (tertiary/aromatic N) is 2. The molecule has 0 spiro atoms. The highest BCUT2D eigenvalue weighted by Gasteiger charge is 2.13. The summed E-state index contributed by atoms with van der Waals surface area (Å²) in [5.41, 5.74) is 7.10. The molecule has 0 heterocycles. The Morgan fingerprint density at radius 1 is 1.53 bits per heavy atom. The van der Waals surface area contributed by atoms with E-state index < -0.39 is 0 Å². The third kappa shape index (κ3) is 3.34. The number of halogens is 1. The second-order valence-corrected chi connectivity index (χ2v) is 4.37. The highest BCUT2D eigenvalue weighted by molar-refractivity contribution is 9.10. The maximum absolute atomic E-state index is 9.02. The van der Waals surface area contributed by atoms with Gasteiger partial charge in [0.15, 0.2) is 5.84 Å². The van der Waals surface area contributed by atoms with Crippen molar-refractivity contribution in [2.24, 2.45) is 10.9 Å². The molecule has 0 aromatic heterocycles. The molecule has 0 saturated carbocycles. The number of hydrogen-bond donors (Lipinski definition) is 3. The summed E-state index contributed by atoms with van der Waals surface area (Å²) in [6.45, 7) is 3.25. The summed E-state index contributed by atoms with van der Waals surface area (Å²) in [7, 11) is 0. The highest BCUT2D eigenvalue weighted by Crippen LogP contribution is 2.25. The lowest BCUT2D eigenvalue weighted by atomic mass is 10.1. The summed E-state index contributed by atoms with van der Waals surface area (Å²) >= 11 is 3.38. The predicted molar refractivity (Wildman–Crippen MR) is 71.6 cm³/mol. The van der Waals surface area contributed by atoms with Crippen molar-refractivity contribution in [3.05, 3.63) is 28.2 Å². The number of anilines is 1. The molecular weight excluding hydrogens is 286 g/mol. The van der Waals surface area contributed by atoms with Crippen molar-refractivity contribution in [3.8, 4) is 0 Å². The molecule has 1 rings (SSSR count). The number of oxime groups is 1. The van der Waals surface area contributed by atoms with Gasteiger partial charge in [0.2, 0.25) is 0 Å². The lowest BCUT2D eigenvalue weighted by Gasteiger charge is -2.24. The van der Waals surface area contributed by atoms with E-state index in [0.717, 1.165) is 16.7 Å². The molecule has 0 radical (unpaired) electrons. The fraction of sp³-hybridized carbons (Fsp3) is 0.364. The summed E-state index contributed by atoms with van der Waals surface area (Å²) in [6.07, 6.45) is 0. The zero-order chi connectivity index (χ0) is 12.8. The van der Waals surface area contributed by atoms with Crippen molar-refractivity contribution >= 4 is 27.5 Å². The Bertz CT molecular complexity index is 410. The van der Waals surface area contributed by atoms with E-state index in [2.05, 4.69) is 21.1 Å². The number of aliphatic hydroxyl groups is 1. The third-order valence-corrected chi connectivity index (χ3v) is 2.93. The number of rotatable bonds is 5. The normalized spacial score (nSPS) is 11.6. The first-order chi connectivity index (χ1) is 8.13. The molecular formula is C11H16BrN3O2. The van der Waals surface area contributed by atoms with Crippen LogP contribution in [-0.4, -0.2) is 35.8 Å². The van der Waals surface area contributed by atoms with E-state index >= 15 is 0 Å². The Morgan fingerprint density at radius 3 is 2.76 bits per heavy atom. The Morgan fingerprint density at radius 2 is 2.24 bits per heavy atom. The average Bonchev–Trinajstić information content (AvgIpc) is 2.35. The molecule has 0 atom stereocenters. The lowest BCUT2D eigenvalue weighted by molar-refractivity contribution is 0.302. The zero-order valence-electron chi connectivity index (χ0n) is 9.60. The van der Waals surface area contributed by atoms with Gasteiger partial charge in [0.05, 0.1) is 6.61 Å². The van der Waals surface area contributed by atoms with Gasteiger partial charge in [-0.1, -0.05) is 21.1 Å². The molecule has 0 amide bonds. The van der Waals surface area contributed by atoms with Gasteiger partial charge in [0.25, 0.3) is 0 Å². The Balaban J connectivity index is 3.22. The largest absolute Gasteiger partial charge is 0.409 e. The van der Waals surface area contributed by atoms with Crippen LogP contribution >= 0.6 is 15.9 Å². The van der Waals surface area contributed by atoms with Crippen LogP contribution in [0.25, 0.3) is 0 Å². The van der Waals surface area contributed by atoms with Crippen LogP contribution in [0.1, 0.15) is 12.5 Å². The summed E-state index contributed by atoms with van der Waals surface area (Å²) in [5.74, 6) is 0.0592. The topological polar surface area (TPSA) is 82.1 Å². The monoisotopic (exact) mass is 301 g/mol. The van der Waals surface area contributed by atoms with E-state index in [-0.39, 0.29) is 12.4 Å². The van der Waals surface area contributed by atoms with Crippen molar-refractivity contribution in [2.45, 2.75) is 6.92 Å². The molecule has 0 bridgehead atoms. The summed E-state index contributed by atoms with van der Waals surface area (Å²) in [4.78, 5) is 1.96. The predicted octanol–water partition coefficient (Wildman–Crippen LogP) is 1.36. The fourth-order valence-electron chi connectivity index (χ4n) is 1.61. The third-order valence-electron chi connectivity index (χ3n) is 2.44. The summed E-state index contributed by atoms with van der Waals surface area (Å²) in [5, 5.41) is 20.8. The molecule has 94 valence electrons. The molecule has 1 aromatic carbocycles. The number of benzene rings is 1. The Labute approximate surface area is 109 Å². The van der Waals surface area contributed by atoms with E-state index in [0.29, 0.717) is 12.1 Å². The number of nitrogens with two attached hydrogens (primary N) is 1. The number of aliphatic hydroxyl groups excluding tert-OH is 1. The van der Waals surface area contributed by atoms with Gasteiger partial charge in [-0.2, -0.15) is 0 Å².